The van der Waals surface area contributed by atoms with E-state index in [0.29, 0.717) is 29.5 Å². The van der Waals surface area contributed by atoms with Crippen LogP contribution in [0.4, 0.5) is 5.95 Å². The number of aliphatic hydroxyl groups is 1. The molecule has 3 aromatic rings. The van der Waals surface area contributed by atoms with Crippen LogP contribution in [-0.4, -0.2) is 62.8 Å². The van der Waals surface area contributed by atoms with Crippen molar-refractivity contribution in [2.24, 2.45) is 0 Å². The number of methoxy groups -OCH3 is 1. The van der Waals surface area contributed by atoms with Crippen LogP contribution in [0.25, 0.3) is 11.0 Å². The number of aromatic nitrogens is 3. The number of amides is 1. The monoisotopic (exact) mass is 519 g/mol. The number of nitrogens with zero attached hydrogens (tertiary/aromatic N) is 4. The van der Waals surface area contributed by atoms with Crippen molar-refractivity contribution in [3.8, 4) is 5.75 Å². The summed E-state index contributed by atoms with van der Waals surface area (Å²) in [6, 6.07) is 8.01. The molecule has 0 radical (unpaired) electrons. The first-order valence-electron chi connectivity index (χ1n) is 14.2. The van der Waals surface area contributed by atoms with Crippen LogP contribution in [0.15, 0.2) is 36.7 Å². The van der Waals surface area contributed by atoms with E-state index in [1.54, 1.807) is 7.11 Å². The van der Waals surface area contributed by atoms with Crippen LogP contribution in [-0.2, 0) is 0 Å². The zero-order valence-corrected chi connectivity index (χ0v) is 22.9. The van der Waals surface area contributed by atoms with Crippen LogP contribution in [0.5, 0.6) is 5.75 Å². The maximum atomic E-state index is 13.1. The molecule has 1 aromatic carbocycles. The van der Waals surface area contributed by atoms with Crippen molar-refractivity contribution in [3.05, 3.63) is 47.8 Å². The standard InChI is InChI=1S/C30H41N5O3/c1-4-5-20(2)32-30-31-18-26-27(19-35(28(26)33-30)23-8-10-24(36)11-9-23)21-14-16-34(17-15-21)29(37)22-6-12-25(38-3)13-7-22/h6-7,12-13,18-21,23-24,36H,4-5,8-11,14-17H2,1-3H3,(H,31,32,33)/t20-,23-,24-/m0/s1. The molecule has 1 saturated carbocycles. The maximum absolute atomic E-state index is 13.1. The van der Waals surface area contributed by atoms with Gasteiger partial charge in [0.25, 0.3) is 5.91 Å². The summed E-state index contributed by atoms with van der Waals surface area (Å²) < 4.78 is 7.58. The summed E-state index contributed by atoms with van der Waals surface area (Å²) in [6.45, 7) is 5.82. The number of hydrogen-bond acceptors (Lipinski definition) is 6. The zero-order chi connectivity index (χ0) is 26.6. The Bertz CT molecular complexity index is 1220. The van der Waals surface area contributed by atoms with Crippen molar-refractivity contribution in [1.29, 1.82) is 0 Å². The average Bonchev–Trinajstić information content (AvgIpc) is 3.32. The number of aliphatic hydroxyl groups excluding tert-OH is 1. The van der Waals surface area contributed by atoms with Crippen molar-refractivity contribution in [3.63, 3.8) is 0 Å². The molecule has 38 heavy (non-hydrogen) atoms. The van der Waals surface area contributed by atoms with Gasteiger partial charge in [0.15, 0.2) is 0 Å². The lowest BCUT2D eigenvalue weighted by molar-refractivity contribution is 0.0713. The number of likely N-dealkylation sites (tertiary alicyclic amines) is 1. The first kappa shape index (κ1) is 26.5. The molecule has 1 saturated heterocycles. The third kappa shape index (κ3) is 5.65. The molecular weight excluding hydrogens is 478 g/mol. The van der Waals surface area contributed by atoms with E-state index in [1.165, 1.54) is 5.56 Å². The fourth-order valence-electron chi connectivity index (χ4n) is 6.10. The first-order valence-corrected chi connectivity index (χ1v) is 14.2. The van der Waals surface area contributed by atoms with E-state index < -0.39 is 0 Å². The number of rotatable bonds is 8. The molecule has 1 atom stereocenters. The van der Waals surface area contributed by atoms with Crippen molar-refractivity contribution in [2.45, 2.75) is 89.3 Å². The van der Waals surface area contributed by atoms with E-state index in [0.717, 1.165) is 81.2 Å². The molecule has 204 valence electrons. The number of carbonyl (C=O) groups is 1. The highest BCUT2D eigenvalue weighted by Gasteiger charge is 2.29. The molecule has 5 rings (SSSR count). The molecule has 8 heteroatoms. The van der Waals surface area contributed by atoms with Crippen LogP contribution < -0.4 is 10.1 Å². The van der Waals surface area contributed by atoms with Crippen LogP contribution in [0.1, 0.15) is 93.1 Å². The Morgan fingerprint density at radius 2 is 1.84 bits per heavy atom. The van der Waals surface area contributed by atoms with Crippen molar-refractivity contribution in [1.82, 2.24) is 19.4 Å². The quantitative estimate of drug-likeness (QED) is 0.406. The van der Waals surface area contributed by atoms with Gasteiger partial charge < -0.3 is 24.6 Å². The molecule has 2 N–H and O–H groups in total. The average molecular weight is 520 g/mol. The molecular formula is C30H41N5O3. The highest BCUT2D eigenvalue weighted by molar-refractivity contribution is 5.94. The third-order valence-corrected chi connectivity index (χ3v) is 8.32. The van der Waals surface area contributed by atoms with Gasteiger partial charge >= 0.3 is 0 Å². The SMILES string of the molecule is CCC[C@H](C)Nc1ncc2c(C3CCN(C(=O)c4ccc(OC)cc4)CC3)cn([C@H]3CC[C@H](O)CC3)c2n1. The van der Waals surface area contributed by atoms with Crippen LogP contribution >= 0.6 is 0 Å². The summed E-state index contributed by atoms with van der Waals surface area (Å²) in [6.07, 6.45) is 11.7. The number of piperidine rings is 1. The highest BCUT2D eigenvalue weighted by Crippen LogP contribution is 2.38. The van der Waals surface area contributed by atoms with E-state index in [4.69, 9.17) is 14.7 Å². The van der Waals surface area contributed by atoms with Gasteiger partial charge in [-0.1, -0.05) is 13.3 Å². The molecule has 2 aliphatic rings. The third-order valence-electron chi connectivity index (χ3n) is 8.32. The number of nitrogens with one attached hydrogen (secondary N) is 1. The van der Waals surface area contributed by atoms with Gasteiger partial charge in [0, 0.05) is 48.5 Å². The normalized spacial score (nSPS) is 21.4. The van der Waals surface area contributed by atoms with E-state index >= 15 is 0 Å². The summed E-state index contributed by atoms with van der Waals surface area (Å²) in [5, 5.41) is 14.7. The summed E-state index contributed by atoms with van der Waals surface area (Å²) in [4.78, 5) is 24.8. The van der Waals surface area contributed by atoms with Gasteiger partial charge in [-0.05, 0) is 87.6 Å². The number of benzene rings is 1. The summed E-state index contributed by atoms with van der Waals surface area (Å²) >= 11 is 0. The molecule has 3 heterocycles. The smallest absolute Gasteiger partial charge is 0.253 e. The molecule has 0 spiro atoms. The molecule has 8 nitrogen and oxygen atoms in total. The van der Waals surface area contributed by atoms with Crippen molar-refractivity contribution >= 4 is 22.9 Å². The van der Waals surface area contributed by atoms with E-state index in [-0.39, 0.29) is 12.0 Å². The Balaban J connectivity index is 1.36. The van der Waals surface area contributed by atoms with Crippen LogP contribution in [0.3, 0.4) is 0 Å². The predicted molar refractivity (Wildman–Crippen MR) is 150 cm³/mol. The predicted octanol–water partition coefficient (Wildman–Crippen LogP) is 5.54. The van der Waals surface area contributed by atoms with Gasteiger partial charge in [-0.3, -0.25) is 4.79 Å². The molecule has 1 aliphatic heterocycles. The number of carbonyl (C=O) groups excluding carboxylic acids is 1. The van der Waals surface area contributed by atoms with E-state index in [9.17, 15) is 9.90 Å². The van der Waals surface area contributed by atoms with Gasteiger partial charge in [0.1, 0.15) is 11.4 Å². The second-order valence-electron chi connectivity index (χ2n) is 11.0. The highest BCUT2D eigenvalue weighted by atomic mass is 16.5. The minimum Gasteiger partial charge on any atom is -0.497 e. The van der Waals surface area contributed by atoms with Gasteiger partial charge in [0.2, 0.25) is 5.95 Å². The van der Waals surface area contributed by atoms with Crippen molar-refractivity contribution in [2.75, 3.05) is 25.5 Å². The minimum atomic E-state index is -0.193. The first-order chi connectivity index (χ1) is 18.5. The molecule has 0 unspecified atom stereocenters. The molecule has 1 aliphatic carbocycles. The largest absolute Gasteiger partial charge is 0.497 e. The second kappa shape index (κ2) is 11.7. The Morgan fingerprint density at radius 3 is 2.50 bits per heavy atom. The molecule has 2 fully saturated rings. The molecule has 2 aromatic heterocycles. The fourth-order valence-corrected chi connectivity index (χ4v) is 6.10. The lowest BCUT2D eigenvalue weighted by Gasteiger charge is -2.32. The maximum Gasteiger partial charge on any atom is 0.253 e. The Labute approximate surface area is 225 Å². The van der Waals surface area contributed by atoms with Crippen LogP contribution in [0, 0.1) is 0 Å². The van der Waals surface area contributed by atoms with Gasteiger partial charge in [-0.15, -0.1) is 0 Å². The summed E-state index contributed by atoms with van der Waals surface area (Å²) in [5.74, 6) is 1.87. The zero-order valence-electron chi connectivity index (χ0n) is 22.9. The molecule has 0 bridgehead atoms. The van der Waals surface area contributed by atoms with E-state index in [1.807, 2.05) is 35.4 Å². The summed E-state index contributed by atoms with van der Waals surface area (Å²) in [7, 11) is 1.63. The Kier molecular flexibility index (Phi) is 8.17. The second-order valence-corrected chi connectivity index (χ2v) is 11.0. The topological polar surface area (TPSA) is 92.5 Å². The van der Waals surface area contributed by atoms with Gasteiger partial charge in [-0.2, -0.15) is 4.98 Å². The van der Waals surface area contributed by atoms with Gasteiger partial charge in [-0.25, -0.2) is 4.98 Å². The van der Waals surface area contributed by atoms with Crippen LogP contribution in [0.2, 0.25) is 0 Å². The van der Waals surface area contributed by atoms with E-state index in [2.05, 4.69) is 29.9 Å². The number of hydrogen-bond donors (Lipinski definition) is 2. The lowest BCUT2D eigenvalue weighted by Crippen LogP contribution is -2.37. The van der Waals surface area contributed by atoms with Crippen molar-refractivity contribution < 1.29 is 14.6 Å². The molecule has 1 amide bonds. The summed E-state index contributed by atoms with van der Waals surface area (Å²) in [5.41, 5.74) is 2.97. The lowest BCUT2D eigenvalue weighted by atomic mass is 9.89. The Hall–Kier alpha value is -3.13. The van der Waals surface area contributed by atoms with Gasteiger partial charge in [0.05, 0.1) is 13.2 Å². The Morgan fingerprint density at radius 1 is 1.13 bits per heavy atom. The number of ether oxygens (including phenoxy) is 1. The number of anilines is 1. The minimum absolute atomic E-state index is 0.0783. The fraction of sp³-hybridized carbons (Fsp3) is 0.567. The number of fused-ring (bicyclic) bond motifs is 1.